The molecule has 0 aliphatic heterocycles. The molecule has 0 fully saturated rings. The van der Waals surface area contributed by atoms with Crippen molar-refractivity contribution in [3.05, 3.63) is 12.2 Å². The number of ether oxygens (including phenoxy) is 3. The van der Waals surface area contributed by atoms with E-state index in [4.69, 9.17) is 14.2 Å². The number of allylic oxidation sites excluding steroid dienone is 2. The highest BCUT2D eigenvalue weighted by molar-refractivity contribution is 5.71. The molecule has 0 rings (SSSR count). The maximum atomic E-state index is 12.8. The van der Waals surface area contributed by atoms with E-state index in [9.17, 15) is 14.4 Å². The van der Waals surface area contributed by atoms with Crippen LogP contribution in [0.4, 0.5) is 0 Å². The number of unbranched alkanes of at least 4 members (excludes halogenated alkanes) is 35. The van der Waals surface area contributed by atoms with Gasteiger partial charge in [0.25, 0.3) is 0 Å². The first-order valence-corrected chi connectivity index (χ1v) is 26.2. The Morgan fingerprint density at radius 1 is 0.322 bits per heavy atom. The third kappa shape index (κ3) is 47.1. The third-order valence-electron chi connectivity index (χ3n) is 11.8. The molecule has 0 aromatic rings. The van der Waals surface area contributed by atoms with Crippen LogP contribution in [0.15, 0.2) is 12.2 Å². The van der Waals surface area contributed by atoms with Crippen molar-refractivity contribution in [3.8, 4) is 0 Å². The van der Waals surface area contributed by atoms with Crippen LogP contribution in [-0.2, 0) is 28.6 Å². The summed E-state index contributed by atoms with van der Waals surface area (Å²) in [6.07, 6.45) is 53.3. The minimum Gasteiger partial charge on any atom is -0.462 e. The molecule has 59 heavy (non-hydrogen) atoms. The minimum atomic E-state index is -0.767. The lowest BCUT2D eigenvalue weighted by atomic mass is 10.0. The summed E-state index contributed by atoms with van der Waals surface area (Å²) in [4.78, 5) is 37.9. The van der Waals surface area contributed by atoms with E-state index in [1.165, 1.54) is 186 Å². The maximum absolute atomic E-state index is 12.8. The third-order valence-corrected chi connectivity index (χ3v) is 11.8. The summed E-state index contributed by atoms with van der Waals surface area (Å²) < 4.78 is 16.8. The SMILES string of the molecule is CCCCCCC=CCCCCCCCC(=O)O[C@H](COC(=O)CCCCCCCCCCCCCCC)COC(=O)CCCCCCCCCCCCCCCCC. The molecule has 6 nitrogen and oxygen atoms in total. The molecular weight excluding hydrogens is 733 g/mol. The predicted octanol–water partition coefficient (Wildman–Crippen LogP) is 17.0. The van der Waals surface area contributed by atoms with Crippen LogP contribution >= 0.6 is 0 Å². The summed E-state index contributed by atoms with van der Waals surface area (Å²) in [5.41, 5.74) is 0. The van der Waals surface area contributed by atoms with Crippen LogP contribution in [0, 0.1) is 0 Å². The molecule has 0 aliphatic rings. The number of carbonyl (C=O) groups excluding carboxylic acids is 3. The zero-order valence-electron chi connectivity index (χ0n) is 39.8. The normalized spacial score (nSPS) is 12.0. The van der Waals surface area contributed by atoms with Gasteiger partial charge in [-0.3, -0.25) is 14.4 Å². The summed E-state index contributed by atoms with van der Waals surface area (Å²) in [5.74, 6) is -0.859. The molecular formula is C53H100O6. The van der Waals surface area contributed by atoms with Crippen LogP contribution in [0.2, 0.25) is 0 Å². The second-order valence-corrected chi connectivity index (χ2v) is 17.8. The van der Waals surface area contributed by atoms with Crippen molar-refractivity contribution in [1.29, 1.82) is 0 Å². The van der Waals surface area contributed by atoms with Crippen LogP contribution in [0.5, 0.6) is 0 Å². The van der Waals surface area contributed by atoms with Crippen LogP contribution in [0.3, 0.4) is 0 Å². The van der Waals surface area contributed by atoms with E-state index < -0.39 is 6.10 Å². The second-order valence-electron chi connectivity index (χ2n) is 17.8. The highest BCUT2D eigenvalue weighted by Crippen LogP contribution is 2.16. The molecule has 0 saturated carbocycles. The lowest BCUT2D eigenvalue weighted by Gasteiger charge is -2.18. The fourth-order valence-corrected chi connectivity index (χ4v) is 7.79. The predicted molar refractivity (Wildman–Crippen MR) is 252 cm³/mol. The van der Waals surface area contributed by atoms with Gasteiger partial charge in [-0.15, -0.1) is 0 Å². The van der Waals surface area contributed by atoms with Gasteiger partial charge >= 0.3 is 17.9 Å². The Morgan fingerprint density at radius 2 is 0.559 bits per heavy atom. The average molecular weight is 833 g/mol. The van der Waals surface area contributed by atoms with Gasteiger partial charge in [0.1, 0.15) is 13.2 Å². The maximum Gasteiger partial charge on any atom is 0.306 e. The van der Waals surface area contributed by atoms with E-state index in [0.717, 1.165) is 64.2 Å². The second kappa shape index (κ2) is 48.8. The van der Waals surface area contributed by atoms with Crippen LogP contribution < -0.4 is 0 Å². The molecule has 0 aromatic carbocycles. The van der Waals surface area contributed by atoms with Gasteiger partial charge in [0, 0.05) is 19.3 Å². The summed E-state index contributed by atoms with van der Waals surface area (Å²) in [7, 11) is 0. The summed E-state index contributed by atoms with van der Waals surface area (Å²) >= 11 is 0. The largest absolute Gasteiger partial charge is 0.462 e. The van der Waals surface area contributed by atoms with Crippen molar-refractivity contribution < 1.29 is 28.6 Å². The highest BCUT2D eigenvalue weighted by Gasteiger charge is 2.19. The average Bonchev–Trinajstić information content (AvgIpc) is 3.23. The molecule has 0 radical (unpaired) electrons. The van der Waals surface area contributed by atoms with E-state index in [1.807, 2.05) is 0 Å². The van der Waals surface area contributed by atoms with E-state index in [1.54, 1.807) is 0 Å². The van der Waals surface area contributed by atoms with E-state index >= 15 is 0 Å². The standard InChI is InChI=1S/C53H100O6/c1-4-7-10-13-16-19-22-25-26-29-31-34-37-40-43-46-52(55)58-49-50(59-53(56)47-44-41-38-35-32-28-24-21-18-15-12-9-6-3)48-57-51(54)45-42-39-36-33-30-27-23-20-17-14-11-8-5-2/h21,24,50H,4-20,22-23,25-49H2,1-3H3/t50-/m1/s1. The Morgan fingerprint density at radius 3 is 0.864 bits per heavy atom. The molecule has 0 amide bonds. The van der Waals surface area contributed by atoms with Crippen LogP contribution in [0.25, 0.3) is 0 Å². The first-order valence-electron chi connectivity index (χ1n) is 26.2. The molecule has 0 saturated heterocycles. The number of esters is 3. The zero-order valence-corrected chi connectivity index (χ0v) is 39.8. The van der Waals surface area contributed by atoms with Crippen molar-refractivity contribution in [3.63, 3.8) is 0 Å². The van der Waals surface area contributed by atoms with Gasteiger partial charge in [-0.05, 0) is 44.9 Å². The van der Waals surface area contributed by atoms with Gasteiger partial charge < -0.3 is 14.2 Å². The van der Waals surface area contributed by atoms with Crippen molar-refractivity contribution in [2.24, 2.45) is 0 Å². The molecule has 348 valence electrons. The van der Waals surface area contributed by atoms with Gasteiger partial charge in [0.05, 0.1) is 0 Å². The van der Waals surface area contributed by atoms with E-state index in [2.05, 4.69) is 32.9 Å². The van der Waals surface area contributed by atoms with Crippen LogP contribution in [-0.4, -0.2) is 37.2 Å². The molecule has 0 unspecified atom stereocenters. The Labute approximate surface area is 367 Å². The lowest BCUT2D eigenvalue weighted by Crippen LogP contribution is -2.30. The molecule has 0 aromatic heterocycles. The molecule has 0 aliphatic carbocycles. The first kappa shape index (κ1) is 57.1. The fraction of sp³-hybridized carbons (Fsp3) is 0.906. The van der Waals surface area contributed by atoms with Crippen LogP contribution in [0.1, 0.15) is 290 Å². The molecule has 0 bridgehead atoms. The Balaban J connectivity index is 4.33. The van der Waals surface area contributed by atoms with E-state index in [0.29, 0.717) is 19.3 Å². The minimum absolute atomic E-state index is 0.0680. The quantitative estimate of drug-likeness (QED) is 0.0263. The Kier molecular flexibility index (Phi) is 47.3. The fourth-order valence-electron chi connectivity index (χ4n) is 7.79. The Bertz CT molecular complexity index is 916. The van der Waals surface area contributed by atoms with Crippen molar-refractivity contribution in [2.45, 2.75) is 297 Å². The summed E-state index contributed by atoms with van der Waals surface area (Å²) in [5, 5.41) is 0. The smallest absolute Gasteiger partial charge is 0.306 e. The molecule has 6 heteroatoms. The number of rotatable bonds is 48. The summed E-state index contributed by atoms with van der Waals surface area (Å²) in [6.45, 7) is 6.65. The monoisotopic (exact) mass is 833 g/mol. The lowest BCUT2D eigenvalue weighted by molar-refractivity contribution is -0.167. The number of hydrogen-bond donors (Lipinski definition) is 0. The molecule has 0 spiro atoms. The first-order chi connectivity index (χ1) is 29.0. The topological polar surface area (TPSA) is 78.9 Å². The van der Waals surface area contributed by atoms with Gasteiger partial charge in [-0.1, -0.05) is 238 Å². The van der Waals surface area contributed by atoms with Gasteiger partial charge in [-0.25, -0.2) is 0 Å². The Hall–Kier alpha value is -1.85. The molecule has 1 atom stereocenters. The number of hydrogen-bond acceptors (Lipinski definition) is 6. The van der Waals surface area contributed by atoms with Gasteiger partial charge in [0.15, 0.2) is 6.10 Å². The number of carbonyl (C=O) groups is 3. The van der Waals surface area contributed by atoms with Gasteiger partial charge in [0.2, 0.25) is 0 Å². The van der Waals surface area contributed by atoms with Crippen molar-refractivity contribution in [2.75, 3.05) is 13.2 Å². The highest BCUT2D eigenvalue weighted by atomic mass is 16.6. The van der Waals surface area contributed by atoms with Gasteiger partial charge in [-0.2, -0.15) is 0 Å². The molecule has 0 N–H and O–H groups in total. The molecule has 0 heterocycles. The summed E-state index contributed by atoms with van der Waals surface area (Å²) in [6, 6.07) is 0. The van der Waals surface area contributed by atoms with Crippen molar-refractivity contribution in [1.82, 2.24) is 0 Å². The van der Waals surface area contributed by atoms with E-state index in [-0.39, 0.29) is 31.1 Å². The van der Waals surface area contributed by atoms with Crippen molar-refractivity contribution >= 4 is 17.9 Å². The zero-order chi connectivity index (χ0) is 43.0.